The molecule has 0 bridgehead atoms. The van der Waals surface area contributed by atoms with E-state index in [0.29, 0.717) is 5.69 Å². The predicted octanol–water partition coefficient (Wildman–Crippen LogP) is 0.483. The number of imidazole rings is 1. The Morgan fingerprint density at radius 3 is 2.80 bits per heavy atom. The molecule has 0 saturated carbocycles. The molecular formula is C14H17N7O3S. The summed E-state index contributed by atoms with van der Waals surface area (Å²) >= 11 is 0. The lowest BCUT2D eigenvalue weighted by Crippen LogP contribution is -2.20. The molecule has 10 nitrogen and oxygen atoms in total. The second kappa shape index (κ2) is 6.16. The van der Waals surface area contributed by atoms with Gasteiger partial charge in [-0.25, -0.2) is 13.4 Å². The number of rotatable bonds is 5. The van der Waals surface area contributed by atoms with E-state index in [-0.39, 0.29) is 18.3 Å². The number of anilines is 2. The van der Waals surface area contributed by atoms with Gasteiger partial charge >= 0.3 is 0 Å². The molecule has 3 aromatic rings. The molecule has 0 atom stereocenters. The molecule has 0 aliphatic carbocycles. The van der Waals surface area contributed by atoms with Crippen LogP contribution < -0.4 is 10.0 Å². The number of fused-ring (bicyclic) bond motifs is 1. The first-order valence-electron chi connectivity index (χ1n) is 7.32. The first-order chi connectivity index (χ1) is 11.7. The fourth-order valence-electron chi connectivity index (χ4n) is 2.34. The van der Waals surface area contributed by atoms with Crippen molar-refractivity contribution in [2.75, 3.05) is 16.3 Å². The molecule has 0 saturated heterocycles. The molecule has 25 heavy (non-hydrogen) atoms. The largest absolute Gasteiger partial charge is 0.331 e. The van der Waals surface area contributed by atoms with Crippen molar-refractivity contribution in [1.29, 1.82) is 0 Å². The average molecular weight is 363 g/mol. The second-order valence-corrected chi connectivity index (χ2v) is 7.35. The Bertz CT molecular complexity index is 1050. The van der Waals surface area contributed by atoms with Gasteiger partial charge in [0.15, 0.2) is 5.82 Å². The van der Waals surface area contributed by atoms with Crippen molar-refractivity contribution in [2.24, 2.45) is 7.05 Å². The highest BCUT2D eigenvalue weighted by Crippen LogP contribution is 2.19. The zero-order chi connectivity index (χ0) is 18.2. The van der Waals surface area contributed by atoms with Crippen LogP contribution in [0.5, 0.6) is 0 Å². The van der Waals surface area contributed by atoms with Crippen molar-refractivity contribution in [2.45, 2.75) is 13.5 Å². The van der Waals surface area contributed by atoms with Crippen LogP contribution in [0.1, 0.15) is 5.82 Å². The molecular weight excluding hydrogens is 346 g/mol. The van der Waals surface area contributed by atoms with Crippen LogP contribution in [-0.4, -0.2) is 45.1 Å². The van der Waals surface area contributed by atoms with Gasteiger partial charge in [-0.1, -0.05) is 0 Å². The van der Waals surface area contributed by atoms with Gasteiger partial charge in [0.25, 0.3) is 0 Å². The predicted molar refractivity (Wildman–Crippen MR) is 92.6 cm³/mol. The van der Waals surface area contributed by atoms with Gasteiger partial charge in [0.2, 0.25) is 15.9 Å². The van der Waals surface area contributed by atoms with E-state index in [9.17, 15) is 13.2 Å². The summed E-state index contributed by atoms with van der Waals surface area (Å²) in [6, 6.07) is 5.45. The smallest absolute Gasteiger partial charge is 0.247 e. The first kappa shape index (κ1) is 16.9. The van der Waals surface area contributed by atoms with E-state index in [1.165, 1.54) is 6.20 Å². The monoisotopic (exact) mass is 363 g/mol. The number of carbonyl (C=O) groups is 1. The van der Waals surface area contributed by atoms with Crippen LogP contribution in [0.2, 0.25) is 0 Å². The summed E-state index contributed by atoms with van der Waals surface area (Å²) in [6.07, 6.45) is 2.24. The lowest BCUT2D eigenvalue weighted by atomic mass is 10.2. The number of carbonyl (C=O) groups excluding carboxylic acids is 1. The lowest BCUT2D eigenvalue weighted by molar-refractivity contribution is -0.117. The van der Waals surface area contributed by atoms with E-state index in [4.69, 9.17) is 0 Å². The van der Waals surface area contributed by atoms with E-state index in [1.807, 2.05) is 24.6 Å². The number of amides is 1. The molecule has 2 N–H and O–H groups in total. The van der Waals surface area contributed by atoms with Crippen LogP contribution in [0.3, 0.4) is 0 Å². The van der Waals surface area contributed by atoms with Crippen LogP contribution in [0.4, 0.5) is 11.5 Å². The molecule has 2 heterocycles. The zero-order valence-corrected chi connectivity index (χ0v) is 14.7. The maximum absolute atomic E-state index is 12.1. The van der Waals surface area contributed by atoms with Crippen molar-refractivity contribution >= 4 is 38.5 Å². The highest BCUT2D eigenvalue weighted by molar-refractivity contribution is 7.92. The van der Waals surface area contributed by atoms with Gasteiger partial charge in [-0.2, -0.15) is 9.90 Å². The van der Waals surface area contributed by atoms with Gasteiger partial charge in [-0.3, -0.25) is 9.52 Å². The number of aryl methyl sites for hydroxylation is 2. The fraction of sp³-hybridized carbons (Fsp3) is 0.286. The number of hydrogen-bond acceptors (Lipinski definition) is 6. The highest BCUT2D eigenvalue weighted by Gasteiger charge is 2.11. The number of hydrogen-bond donors (Lipinski definition) is 2. The number of aromatic nitrogens is 5. The van der Waals surface area contributed by atoms with Crippen molar-refractivity contribution < 1.29 is 13.2 Å². The second-order valence-electron chi connectivity index (χ2n) is 5.60. The van der Waals surface area contributed by atoms with Gasteiger partial charge in [-0.05, 0) is 25.1 Å². The third-order valence-corrected chi connectivity index (χ3v) is 4.08. The normalized spacial score (nSPS) is 11.6. The summed E-state index contributed by atoms with van der Waals surface area (Å²) in [5, 5.41) is 10.5. The molecule has 0 fully saturated rings. The number of nitrogens with zero attached hydrogens (tertiary/aromatic N) is 5. The van der Waals surface area contributed by atoms with Crippen LogP contribution in [-0.2, 0) is 28.4 Å². The van der Waals surface area contributed by atoms with Crippen molar-refractivity contribution in [1.82, 2.24) is 24.5 Å². The molecule has 1 amide bonds. The maximum atomic E-state index is 12.1. The van der Waals surface area contributed by atoms with Crippen LogP contribution in [0, 0.1) is 6.92 Å². The fourth-order valence-corrected chi connectivity index (χ4v) is 2.81. The minimum Gasteiger partial charge on any atom is -0.331 e. The number of sulfonamides is 1. The van der Waals surface area contributed by atoms with Crippen molar-refractivity contribution in [3.8, 4) is 0 Å². The van der Waals surface area contributed by atoms with Gasteiger partial charge in [0.05, 0.1) is 23.5 Å². The zero-order valence-electron chi connectivity index (χ0n) is 13.9. The Hall–Kier alpha value is -2.95. The topological polar surface area (TPSA) is 124 Å². The summed E-state index contributed by atoms with van der Waals surface area (Å²) in [7, 11) is -1.51. The van der Waals surface area contributed by atoms with E-state index in [0.717, 1.165) is 27.9 Å². The molecule has 3 rings (SSSR count). The summed E-state index contributed by atoms with van der Waals surface area (Å²) in [4.78, 5) is 17.6. The molecule has 0 aliphatic heterocycles. The molecule has 0 radical (unpaired) electrons. The van der Waals surface area contributed by atoms with Crippen LogP contribution >= 0.6 is 0 Å². The SMILES string of the molecule is Cc1nc2cc(NC(=O)Cn3ncc(NS(C)(=O)=O)n3)ccc2n1C. The van der Waals surface area contributed by atoms with Crippen LogP contribution in [0.15, 0.2) is 24.4 Å². The quantitative estimate of drug-likeness (QED) is 0.680. The highest BCUT2D eigenvalue weighted by atomic mass is 32.2. The standard InChI is InChI=1S/C14H17N7O3S/c1-9-16-11-6-10(4-5-12(11)20(9)2)17-14(22)8-21-15-7-13(18-21)19-25(3,23)24/h4-7H,8H2,1-3H3,(H,17,22)(H,18,19). The Labute approximate surface area is 143 Å². The Kier molecular flexibility index (Phi) is 4.17. The minimum atomic E-state index is -3.44. The van der Waals surface area contributed by atoms with E-state index >= 15 is 0 Å². The molecule has 0 spiro atoms. The molecule has 11 heteroatoms. The van der Waals surface area contributed by atoms with E-state index < -0.39 is 10.0 Å². The molecule has 0 aliphatic rings. The van der Waals surface area contributed by atoms with Gasteiger partial charge in [0.1, 0.15) is 12.4 Å². The van der Waals surface area contributed by atoms with E-state index in [2.05, 4.69) is 25.2 Å². The number of benzene rings is 1. The van der Waals surface area contributed by atoms with Crippen molar-refractivity contribution in [3.05, 3.63) is 30.2 Å². The summed E-state index contributed by atoms with van der Waals surface area (Å²) < 4.78 is 26.4. The molecule has 132 valence electrons. The molecule has 0 unspecified atom stereocenters. The molecule has 2 aromatic heterocycles. The maximum Gasteiger partial charge on any atom is 0.247 e. The Morgan fingerprint density at radius 1 is 1.32 bits per heavy atom. The molecule has 1 aromatic carbocycles. The number of nitrogens with one attached hydrogen (secondary N) is 2. The Balaban J connectivity index is 1.68. The first-order valence-corrected chi connectivity index (χ1v) is 9.21. The van der Waals surface area contributed by atoms with Crippen molar-refractivity contribution in [3.63, 3.8) is 0 Å². The third-order valence-electron chi connectivity index (χ3n) is 3.50. The van der Waals surface area contributed by atoms with Crippen LogP contribution in [0.25, 0.3) is 11.0 Å². The van der Waals surface area contributed by atoms with Gasteiger partial charge in [0, 0.05) is 12.7 Å². The van der Waals surface area contributed by atoms with Gasteiger partial charge < -0.3 is 9.88 Å². The third kappa shape index (κ3) is 3.94. The summed E-state index contributed by atoms with van der Waals surface area (Å²) in [6.45, 7) is 1.76. The minimum absolute atomic E-state index is 0.0562. The summed E-state index contributed by atoms with van der Waals surface area (Å²) in [5.41, 5.74) is 2.37. The van der Waals surface area contributed by atoms with E-state index in [1.54, 1.807) is 12.1 Å². The summed E-state index contributed by atoms with van der Waals surface area (Å²) in [5.74, 6) is 0.597. The Morgan fingerprint density at radius 2 is 2.08 bits per heavy atom. The lowest BCUT2D eigenvalue weighted by Gasteiger charge is -2.05. The average Bonchev–Trinajstić information content (AvgIpc) is 3.02. The van der Waals surface area contributed by atoms with Gasteiger partial charge in [-0.15, -0.1) is 5.10 Å².